The highest BCUT2D eigenvalue weighted by molar-refractivity contribution is 9.10. The smallest absolute Gasteiger partial charge is 0.191 e. The molecule has 9 heteroatoms. The van der Waals surface area contributed by atoms with Gasteiger partial charge < -0.3 is 9.30 Å². The standard InChI is InChI=1S/C16H20BrN3O3S2/c1-20-15(9-12-5-8-25(21,22)11-12)18-19-16(20)24-7-6-23-14-4-2-3-13(17)10-14/h2-4,10,12H,5-9,11H2,1H3. The predicted octanol–water partition coefficient (Wildman–Crippen LogP) is 2.73. The van der Waals surface area contributed by atoms with Crippen LogP contribution in [0.1, 0.15) is 12.2 Å². The van der Waals surface area contributed by atoms with Crippen LogP contribution in [0, 0.1) is 5.92 Å². The van der Waals surface area contributed by atoms with Gasteiger partial charge >= 0.3 is 0 Å². The summed E-state index contributed by atoms with van der Waals surface area (Å²) in [7, 11) is -0.924. The Labute approximate surface area is 160 Å². The molecule has 0 amide bonds. The van der Waals surface area contributed by atoms with E-state index in [9.17, 15) is 8.42 Å². The number of thioether (sulfide) groups is 1. The highest BCUT2D eigenvalue weighted by Gasteiger charge is 2.29. The van der Waals surface area contributed by atoms with Gasteiger partial charge in [-0.25, -0.2) is 8.42 Å². The van der Waals surface area contributed by atoms with Gasteiger partial charge in [-0.1, -0.05) is 33.8 Å². The van der Waals surface area contributed by atoms with Crippen LogP contribution in [0.5, 0.6) is 5.75 Å². The predicted molar refractivity (Wildman–Crippen MR) is 102 cm³/mol. The van der Waals surface area contributed by atoms with Gasteiger partial charge in [-0.15, -0.1) is 10.2 Å². The van der Waals surface area contributed by atoms with Gasteiger partial charge in [0.1, 0.15) is 11.6 Å². The van der Waals surface area contributed by atoms with E-state index in [0.717, 1.165) is 33.4 Å². The summed E-state index contributed by atoms with van der Waals surface area (Å²) in [5.74, 6) is 3.16. The van der Waals surface area contributed by atoms with Crippen molar-refractivity contribution in [1.29, 1.82) is 0 Å². The molecule has 1 fully saturated rings. The van der Waals surface area contributed by atoms with Gasteiger partial charge in [0.2, 0.25) is 0 Å². The average Bonchev–Trinajstić information content (AvgIpc) is 3.07. The molecule has 1 saturated heterocycles. The fourth-order valence-corrected chi connectivity index (χ4v) is 5.78. The number of nitrogens with zero attached hydrogens (tertiary/aromatic N) is 3. The second-order valence-electron chi connectivity index (χ2n) is 6.09. The normalized spacial score (nSPS) is 19.2. The maximum atomic E-state index is 11.6. The Balaban J connectivity index is 1.48. The van der Waals surface area contributed by atoms with Crippen molar-refractivity contribution in [3.63, 3.8) is 0 Å². The van der Waals surface area contributed by atoms with Crippen molar-refractivity contribution in [2.75, 3.05) is 23.9 Å². The largest absolute Gasteiger partial charge is 0.493 e. The van der Waals surface area contributed by atoms with Gasteiger partial charge in [0, 0.05) is 23.7 Å². The van der Waals surface area contributed by atoms with Crippen molar-refractivity contribution in [3.05, 3.63) is 34.6 Å². The lowest BCUT2D eigenvalue weighted by molar-refractivity contribution is 0.343. The number of hydrogen-bond acceptors (Lipinski definition) is 6. The molecule has 6 nitrogen and oxygen atoms in total. The number of halogens is 1. The van der Waals surface area contributed by atoms with E-state index in [2.05, 4.69) is 26.1 Å². The van der Waals surface area contributed by atoms with E-state index in [4.69, 9.17) is 4.74 Å². The van der Waals surface area contributed by atoms with Crippen molar-refractivity contribution in [2.45, 2.75) is 18.0 Å². The number of hydrogen-bond donors (Lipinski definition) is 0. The molecule has 1 aliphatic heterocycles. The molecule has 0 spiro atoms. The van der Waals surface area contributed by atoms with Crippen molar-refractivity contribution < 1.29 is 13.2 Å². The van der Waals surface area contributed by atoms with Crippen LogP contribution in [-0.4, -0.2) is 47.0 Å². The molecule has 0 N–H and O–H groups in total. The zero-order valence-corrected chi connectivity index (χ0v) is 17.1. The summed E-state index contributed by atoms with van der Waals surface area (Å²) >= 11 is 5.00. The summed E-state index contributed by atoms with van der Waals surface area (Å²) in [6.07, 6.45) is 1.38. The monoisotopic (exact) mass is 445 g/mol. The fraction of sp³-hybridized carbons (Fsp3) is 0.500. The van der Waals surface area contributed by atoms with Crippen LogP contribution >= 0.6 is 27.7 Å². The van der Waals surface area contributed by atoms with Crippen molar-refractivity contribution in [1.82, 2.24) is 14.8 Å². The lowest BCUT2D eigenvalue weighted by atomic mass is 10.1. The number of sulfone groups is 1. The average molecular weight is 446 g/mol. The molecule has 0 radical (unpaired) electrons. The Bertz CT molecular complexity index is 839. The molecule has 1 atom stereocenters. The van der Waals surface area contributed by atoms with Crippen LogP contribution in [0.25, 0.3) is 0 Å². The van der Waals surface area contributed by atoms with Gasteiger partial charge in [-0.2, -0.15) is 0 Å². The molecule has 25 heavy (non-hydrogen) atoms. The summed E-state index contributed by atoms with van der Waals surface area (Å²) in [5, 5.41) is 9.27. The SMILES string of the molecule is Cn1c(CC2CCS(=O)(=O)C2)nnc1SCCOc1cccc(Br)c1. The number of rotatable bonds is 7. The highest BCUT2D eigenvalue weighted by atomic mass is 79.9. The number of ether oxygens (including phenoxy) is 1. The minimum Gasteiger partial charge on any atom is -0.493 e. The quantitative estimate of drug-likeness (QED) is 0.481. The van der Waals surface area contributed by atoms with Crippen molar-refractivity contribution >= 4 is 37.5 Å². The summed E-state index contributed by atoms with van der Waals surface area (Å²) in [6.45, 7) is 0.574. The van der Waals surface area contributed by atoms with Crippen molar-refractivity contribution in [3.8, 4) is 5.75 Å². The third-order valence-corrected chi connectivity index (χ3v) is 7.42. The molecule has 2 aromatic rings. The molecule has 3 rings (SSSR count). The third-order valence-electron chi connectivity index (χ3n) is 4.10. The molecule has 0 saturated carbocycles. The van der Waals surface area contributed by atoms with E-state index in [0.29, 0.717) is 18.8 Å². The Morgan fingerprint density at radius 1 is 1.40 bits per heavy atom. The van der Waals surface area contributed by atoms with Crippen molar-refractivity contribution in [2.24, 2.45) is 13.0 Å². The third kappa shape index (κ3) is 5.21. The lowest BCUT2D eigenvalue weighted by Crippen LogP contribution is -2.11. The van der Waals surface area contributed by atoms with E-state index in [1.165, 1.54) is 0 Å². The van der Waals surface area contributed by atoms with Crippen LogP contribution in [0.3, 0.4) is 0 Å². The van der Waals surface area contributed by atoms with Gasteiger partial charge in [-0.3, -0.25) is 0 Å². The van der Waals surface area contributed by atoms with Gasteiger partial charge in [0.25, 0.3) is 0 Å². The lowest BCUT2D eigenvalue weighted by Gasteiger charge is -2.08. The number of benzene rings is 1. The van der Waals surface area contributed by atoms with Crippen LogP contribution in [0.15, 0.2) is 33.9 Å². The topological polar surface area (TPSA) is 74.1 Å². The summed E-state index contributed by atoms with van der Waals surface area (Å²) in [4.78, 5) is 0. The van der Waals surface area contributed by atoms with E-state index >= 15 is 0 Å². The highest BCUT2D eigenvalue weighted by Crippen LogP contribution is 2.24. The zero-order valence-electron chi connectivity index (χ0n) is 13.9. The minimum atomic E-state index is -2.85. The first-order chi connectivity index (χ1) is 11.9. The molecule has 2 heterocycles. The zero-order chi connectivity index (χ0) is 17.9. The van der Waals surface area contributed by atoms with E-state index in [1.54, 1.807) is 11.8 Å². The molecule has 0 bridgehead atoms. The Morgan fingerprint density at radius 3 is 2.96 bits per heavy atom. The first-order valence-electron chi connectivity index (χ1n) is 8.03. The molecule has 0 aliphatic carbocycles. The molecule has 1 unspecified atom stereocenters. The Hall–Kier alpha value is -1.06. The minimum absolute atomic E-state index is 0.158. The Kier molecular flexibility index (Phi) is 6.06. The maximum Gasteiger partial charge on any atom is 0.191 e. The van der Waals surface area contributed by atoms with Crippen LogP contribution < -0.4 is 4.74 Å². The second-order valence-corrected chi connectivity index (χ2v) is 10.3. The van der Waals surface area contributed by atoms with Gasteiger partial charge in [0.05, 0.1) is 18.1 Å². The first-order valence-corrected chi connectivity index (χ1v) is 11.6. The summed E-state index contributed by atoms with van der Waals surface area (Å²) < 4.78 is 31.8. The Morgan fingerprint density at radius 2 is 2.24 bits per heavy atom. The van der Waals surface area contributed by atoms with Crippen LogP contribution in [0.2, 0.25) is 0 Å². The van der Waals surface area contributed by atoms with Gasteiger partial charge in [0.15, 0.2) is 15.0 Å². The summed E-state index contributed by atoms with van der Waals surface area (Å²) in [6, 6.07) is 7.75. The maximum absolute atomic E-state index is 11.6. The fourth-order valence-electron chi connectivity index (χ4n) is 2.79. The molecular weight excluding hydrogens is 426 g/mol. The number of aromatic nitrogens is 3. The molecule has 1 aliphatic rings. The summed E-state index contributed by atoms with van der Waals surface area (Å²) in [5.41, 5.74) is 0. The van der Waals surface area contributed by atoms with Crippen LogP contribution in [-0.2, 0) is 23.3 Å². The van der Waals surface area contributed by atoms with Crippen LogP contribution in [0.4, 0.5) is 0 Å². The molecule has 136 valence electrons. The van der Waals surface area contributed by atoms with E-state index < -0.39 is 9.84 Å². The first kappa shape index (κ1) is 18.7. The van der Waals surface area contributed by atoms with E-state index in [1.807, 2.05) is 35.9 Å². The molecule has 1 aromatic heterocycles. The van der Waals surface area contributed by atoms with Gasteiger partial charge in [-0.05, 0) is 30.5 Å². The molecule has 1 aromatic carbocycles. The van der Waals surface area contributed by atoms with E-state index in [-0.39, 0.29) is 11.7 Å². The molecular formula is C16H20BrN3O3S2. The second kappa shape index (κ2) is 8.09.